The van der Waals surface area contributed by atoms with Gasteiger partial charge in [-0.2, -0.15) is 10.1 Å². The molecule has 0 radical (unpaired) electrons. The number of rotatable bonds is 9. The zero-order valence-electron chi connectivity index (χ0n) is 13.8. The number of anilines is 2. The largest absolute Gasteiger partial charge is 0.355 e. The minimum atomic E-state index is 0.571. The summed E-state index contributed by atoms with van der Waals surface area (Å²) in [6.07, 6.45) is 4.76. The molecule has 1 N–H and O–H groups in total. The Bertz CT molecular complexity index is 599. The van der Waals surface area contributed by atoms with Gasteiger partial charge in [-0.3, -0.25) is 0 Å². The van der Waals surface area contributed by atoms with Crippen molar-refractivity contribution >= 4 is 23.4 Å². The van der Waals surface area contributed by atoms with Gasteiger partial charge in [-0.1, -0.05) is 37.6 Å². The normalized spacial score (nSPS) is 10.6. The highest BCUT2D eigenvalue weighted by Crippen LogP contribution is 2.13. The van der Waals surface area contributed by atoms with Gasteiger partial charge in [-0.05, 0) is 37.0 Å². The molecule has 6 heteroatoms. The fourth-order valence-electron chi connectivity index (χ4n) is 2.41. The predicted octanol–water partition coefficient (Wildman–Crippen LogP) is 3.81. The second-order valence-electron chi connectivity index (χ2n) is 5.43. The van der Waals surface area contributed by atoms with Crippen molar-refractivity contribution in [3.05, 3.63) is 41.0 Å². The average Bonchev–Trinajstić information content (AvgIpc) is 2.55. The quantitative estimate of drug-likeness (QED) is 0.756. The number of nitrogens with one attached hydrogen (secondary N) is 1. The van der Waals surface area contributed by atoms with E-state index in [0.29, 0.717) is 5.95 Å². The summed E-state index contributed by atoms with van der Waals surface area (Å²) < 4.78 is 0. The van der Waals surface area contributed by atoms with Crippen LogP contribution in [0.15, 0.2) is 30.5 Å². The summed E-state index contributed by atoms with van der Waals surface area (Å²) in [5.74, 6) is 1.45. The van der Waals surface area contributed by atoms with Gasteiger partial charge >= 0.3 is 0 Å². The Kier molecular flexibility index (Phi) is 7.07. The molecule has 0 spiro atoms. The van der Waals surface area contributed by atoms with Crippen LogP contribution in [-0.2, 0) is 6.42 Å². The van der Waals surface area contributed by atoms with E-state index in [1.54, 1.807) is 6.20 Å². The molecule has 2 rings (SSSR count). The van der Waals surface area contributed by atoms with E-state index in [-0.39, 0.29) is 0 Å². The molecule has 0 unspecified atom stereocenters. The van der Waals surface area contributed by atoms with E-state index in [1.807, 2.05) is 18.2 Å². The van der Waals surface area contributed by atoms with Gasteiger partial charge in [0.1, 0.15) is 0 Å². The van der Waals surface area contributed by atoms with Crippen LogP contribution in [0.4, 0.5) is 11.8 Å². The predicted molar refractivity (Wildman–Crippen MR) is 96.3 cm³/mol. The van der Waals surface area contributed by atoms with E-state index in [2.05, 4.69) is 45.3 Å². The maximum Gasteiger partial charge on any atom is 0.244 e. The maximum atomic E-state index is 6.00. The molecule has 5 nitrogen and oxygen atoms in total. The Labute approximate surface area is 143 Å². The summed E-state index contributed by atoms with van der Waals surface area (Å²) in [5.41, 5.74) is 1.19. The minimum Gasteiger partial charge on any atom is -0.355 e. The molecule has 2 aromatic rings. The highest BCUT2D eigenvalue weighted by molar-refractivity contribution is 6.30. The average molecular weight is 334 g/mol. The lowest BCUT2D eigenvalue weighted by molar-refractivity contribution is 0.727. The molecule has 0 bridgehead atoms. The Morgan fingerprint density at radius 3 is 2.65 bits per heavy atom. The molecule has 23 heavy (non-hydrogen) atoms. The fraction of sp³-hybridized carbons (Fsp3) is 0.471. The van der Waals surface area contributed by atoms with E-state index in [4.69, 9.17) is 11.6 Å². The van der Waals surface area contributed by atoms with E-state index in [9.17, 15) is 0 Å². The van der Waals surface area contributed by atoms with Crippen LogP contribution in [0.5, 0.6) is 0 Å². The summed E-state index contributed by atoms with van der Waals surface area (Å²) in [6.45, 7) is 7.04. The molecule has 0 fully saturated rings. The van der Waals surface area contributed by atoms with E-state index in [0.717, 1.165) is 49.7 Å². The highest BCUT2D eigenvalue weighted by atomic mass is 35.5. The van der Waals surface area contributed by atoms with Crippen LogP contribution >= 0.6 is 11.6 Å². The van der Waals surface area contributed by atoms with Gasteiger partial charge in [0.15, 0.2) is 5.82 Å². The van der Waals surface area contributed by atoms with Crippen LogP contribution in [0.1, 0.15) is 32.3 Å². The Morgan fingerprint density at radius 2 is 1.96 bits per heavy atom. The van der Waals surface area contributed by atoms with Gasteiger partial charge in [0.25, 0.3) is 0 Å². The van der Waals surface area contributed by atoms with Crippen molar-refractivity contribution in [3.8, 4) is 0 Å². The zero-order valence-corrected chi connectivity index (χ0v) is 14.6. The van der Waals surface area contributed by atoms with Crippen molar-refractivity contribution in [1.29, 1.82) is 0 Å². The number of hydrogen-bond donors (Lipinski definition) is 1. The number of halogens is 1. The first-order chi connectivity index (χ1) is 11.2. The van der Waals surface area contributed by atoms with Gasteiger partial charge in [0, 0.05) is 24.7 Å². The van der Waals surface area contributed by atoms with Crippen molar-refractivity contribution in [2.24, 2.45) is 0 Å². The van der Waals surface area contributed by atoms with Gasteiger partial charge in [0.05, 0.1) is 6.20 Å². The molecule has 1 aromatic heterocycles. The van der Waals surface area contributed by atoms with Crippen LogP contribution < -0.4 is 10.2 Å². The minimum absolute atomic E-state index is 0.571. The maximum absolute atomic E-state index is 6.00. The van der Waals surface area contributed by atoms with E-state index >= 15 is 0 Å². The SMILES string of the molecule is CCCN(CCC)c1cnnc(NCCc2cccc(Cl)c2)n1. The molecule has 1 aromatic carbocycles. The summed E-state index contributed by atoms with van der Waals surface area (Å²) in [6, 6.07) is 7.88. The molecular formula is C17H24ClN5. The number of hydrogen-bond acceptors (Lipinski definition) is 5. The summed E-state index contributed by atoms with van der Waals surface area (Å²) in [5, 5.41) is 12.1. The van der Waals surface area contributed by atoms with E-state index in [1.165, 1.54) is 5.56 Å². The topological polar surface area (TPSA) is 53.9 Å². The van der Waals surface area contributed by atoms with Crippen molar-refractivity contribution in [2.75, 3.05) is 29.9 Å². The molecule has 0 amide bonds. The van der Waals surface area contributed by atoms with Gasteiger partial charge in [-0.15, -0.1) is 5.10 Å². The van der Waals surface area contributed by atoms with E-state index < -0.39 is 0 Å². The van der Waals surface area contributed by atoms with Crippen LogP contribution in [0.25, 0.3) is 0 Å². The monoisotopic (exact) mass is 333 g/mol. The van der Waals surface area contributed by atoms with Crippen LogP contribution in [0.3, 0.4) is 0 Å². The first-order valence-corrected chi connectivity index (χ1v) is 8.53. The Morgan fingerprint density at radius 1 is 1.17 bits per heavy atom. The highest BCUT2D eigenvalue weighted by Gasteiger charge is 2.08. The molecule has 0 saturated heterocycles. The third kappa shape index (κ3) is 5.67. The van der Waals surface area contributed by atoms with Crippen LogP contribution in [0.2, 0.25) is 5.02 Å². The lowest BCUT2D eigenvalue weighted by Crippen LogP contribution is -2.26. The van der Waals surface area contributed by atoms with Crippen LogP contribution in [-0.4, -0.2) is 34.8 Å². The Balaban J connectivity index is 1.94. The smallest absolute Gasteiger partial charge is 0.244 e. The molecular weight excluding hydrogens is 310 g/mol. The molecule has 0 aliphatic rings. The first kappa shape index (κ1) is 17.5. The van der Waals surface area contributed by atoms with Gasteiger partial charge in [-0.25, -0.2) is 0 Å². The van der Waals surface area contributed by atoms with Crippen molar-refractivity contribution in [3.63, 3.8) is 0 Å². The van der Waals surface area contributed by atoms with Crippen molar-refractivity contribution in [1.82, 2.24) is 15.2 Å². The molecule has 0 saturated carbocycles. The lowest BCUT2D eigenvalue weighted by atomic mass is 10.1. The number of benzene rings is 1. The summed E-state index contributed by atoms with van der Waals surface area (Å²) in [7, 11) is 0. The zero-order chi connectivity index (χ0) is 16.5. The number of aromatic nitrogens is 3. The third-order valence-electron chi connectivity index (χ3n) is 3.44. The second-order valence-corrected chi connectivity index (χ2v) is 5.87. The lowest BCUT2D eigenvalue weighted by Gasteiger charge is -2.22. The van der Waals surface area contributed by atoms with Gasteiger partial charge in [0.2, 0.25) is 5.95 Å². The molecule has 0 aliphatic carbocycles. The summed E-state index contributed by atoms with van der Waals surface area (Å²) in [4.78, 5) is 6.82. The fourth-order valence-corrected chi connectivity index (χ4v) is 2.63. The third-order valence-corrected chi connectivity index (χ3v) is 3.68. The van der Waals surface area contributed by atoms with Crippen LogP contribution in [0, 0.1) is 0 Å². The summed E-state index contributed by atoms with van der Waals surface area (Å²) >= 11 is 6.00. The molecule has 0 aliphatic heterocycles. The van der Waals surface area contributed by atoms with Gasteiger partial charge < -0.3 is 10.2 Å². The standard InChI is InChI=1S/C17H24ClN5/c1-3-10-23(11-4-2)16-13-20-22-17(21-16)19-9-8-14-6-5-7-15(18)12-14/h5-7,12-13H,3-4,8-11H2,1-2H3,(H,19,21,22). The Hall–Kier alpha value is -1.88. The molecule has 124 valence electrons. The first-order valence-electron chi connectivity index (χ1n) is 8.16. The van der Waals surface area contributed by atoms with Crippen molar-refractivity contribution in [2.45, 2.75) is 33.1 Å². The molecule has 0 atom stereocenters. The van der Waals surface area contributed by atoms with Crippen molar-refractivity contribution < 1.29 is 0 Å². The number of nitrogens with zero attached hydrogens (tertiary/aromatic N) is 4. The molecule has 1 heterocycles. The second kappa shape index (κ2) is 9.30.